The Labute approximate surface area is 405 Å². The first-order valence-corrected chi connectivity index (χ1v) is 23.6. The van der Waals surface area contributed by atoms with Gasteiger partial charge in [-0.3, -0.25) is 0 Å². The van der Waals surface area contributed by atoms with Crippen molar-refractivity contribution in [1.82, 2.24) is 24.9 Å². The summed E-state index contributed by atoms with van der Waals surface area (Å²) in [5.74, 6) is 2.53. The summed E-state index contributed by atoms with van der Waals surface area (Å²) in [5, 5.41) is 2.23. The summed E-state index contributed by atoms with van der Waals surface area (Å²) in [5.41, 5.74) is 18.3. The number of para-hydroxylation sites is 2. The van der Waals surface area contributed by atoms with Crippen molar-refractivity contribution in [2.45, 2.75) is 19.3 Å². The molecule has 1 aliphatic carbocycles. The number of furan rings is 1. The van der Waals surface area contributed by atoms with Gasteiger partial charge >= 0.3 is 0 Å². The van der Waals surface area contributed by atoms with E-state index < -0.39 is 0 Å². The van der Waals surface area contributed by atoms with E-state index in [-0.39, 0.29) is 5.41 Å². The number of aromatic nitrogens is 5. The zero-order valence-corrected chi connectivity index (χ0v) is 38.5. The molecule has 0 aliphatic heterocycles. The van der Waals surface area contributed by atoms with E-state index in [1.165, 1.54) is 22.3 Å². The number of benzene rings is 9. The Morgan fingerprint density at radius 3 is 1.50 bits per heavy atom. The van der Waals surface area contributed by atoms with Crippen LogP contribution in [0.25, 0.3) is 123 Å². The van der Waals surface area contributed by atoms with Crippen LogP contribution in [0.5, 0.6) is 0 Å². The highest BCUT2D eigenvalue weighted by Gasteiger charge is 2.35. The third kappa shape index (κ3) is 7.17. The minimum Gasteiger partial charge on any atom is -0.455 e. The maximum Gasteiger partial charge on any atom is 0.164 e. The number of nitrogens with zero attached hydrogens (tertiary/aromatic N) is 5. The lowest BCUT2D eigenvalue weighted by atomic mass is 9.82. The highest BCUT2D eigenvalue weighted by Crippen LogP contribution is 2.49. The second-order valence-corrected chi connectivity index (χ2v) is 18.5. The number of hydrogen-bond acceptors (Lipinski definition) is 6. The van der Waals surface area contributed by atoms with Gasteiger partial charge in [-0.15, -0.1) is 0 Å². The number of rotatable bonds is 8. The van der Waals surface area contributed by atoms with Crippen molar-refractivity contribution < 1.29 is 4.42 Å². The van der Waals surface area contributed by atoms with E-state index in [1.807, 2.05) is 60.7 Å². The summed E-state index contributed by atoms with van der Waals surface area (Å²) < 4.78 is 6.39. The normalized spacial score (nSPS) is 12.5. The highest BCUT2D eigenvalue weighted by molar-refractivity contribution is 6.09. The fourth-order valence-electron chi connectivity index (χ4n) is 10.1. The molecule has 6 heteroatoms. The van der Waals surface area contributed by atoms with Crippen LogP contribution >= 0.6 is 0 Å². The van der Waals surface area contributed by atoms with Gasteiger partial charge in [0.2, 0.25) is 0 Å². The molecule has 1 aliphatic rings. The topological polar surface area (TPSA) is 77.6 Å². The van der Waals surface area contributed by atoms with Gasteiger partial charge in [0, 0.05) is 55.1 Å². The minimum absolute atomic E-state index is 0.154. The Kier molecular flexibility index (Phi) is 9.73. The lowest BCUT2D eigenvalue weighted by Gasteiger charge is -2.21. The van der Waals surface area contributed by atoms with Crippen LogP contribution in [0.1, 0.15) is 25.0 Å². The van der Waals surface area contributed by atoms with E-state index in [2.05, 4.69) is 178 Å². The maximum atomic E-state index is 6.39. The molecule has 0 unspecified atom stereocenters. The Hall–Kier alpha value is -9.13. The molecule has 0 saturated heterocycles. The Bertz CT molecular complexity index is 3970. The predicted octanol–water partition coefficient (Wildman–Crippen LogP) is 16.2. The maximum absolute atomic E-state index is 6.39. The Balaban J connectivity index is 0.866. The summed E-state index contributed by atoms with van der Waals surface area (Å²) in [4.78, 5) is 25.8. The average molecular weight is 898 g/mol. The minimum atomic E-state index is -0.154. The Morgan fingerprint density at radius 2 is 0.771 bits per heavy atom. The number of hydrogen-bond donors (Lipinski definition) is 0. The van der Waals surface area contributed by atoms with Crippen LogP contribution < -0.4 is 0 Å². The summed E-state index contributed by atoms with van der Waals surface area (Å²) in [6.45, 7) is 4.60. The van der Waals surface area contributed by atoms with Gasteiger partial charge in [-0.25, -0.2) is 24.9 Å². The largest absolute Gasteiger partial charge is 0.455 e. The lowest BCUT2D eigenvalue weighted by Crippen LogP contribution is -2.15. The van der Waals surface area contributed by atoms with Gasteiger partial charge in [0.25, 0.3) is 0 Å². The summed E-state index contributed by atoms with van der Waals surface area (Å²) in [6, 6.07) is 77.9. The SMILES string of the molecule is CC1(C)c2ccccc2-c2ccc(-c3nc(-c4ccccc4)nc(-c4cccc(-c5cccc(-c6cc(-c7ccc(-c8cccc9c8oc8ccccc89)cc7)nc(-c7ccccc7)n6)c5)c4)n3)cc21. The van der Waals surface area contributed by atoms with Crippen LogP contribution in [0.4, 0.5) is 0 Å². The molecule has 0 saturated carbocycles. The first-order chi connectivity index (χ1) is 34.4. The average Bonchev–Trinajstić information content (AvgIpc) is 3.93. The van der Waals surface area contributed by atoms with Gasteiger partial charge in [0.05, 0.1) is 11.4 Å². The third-order valence-electron chi connectivity index (χ3n) is 13.8. The Morgan fingerprint density at radius 1 is 0.300 bits per heavy atom. The second kappa shape index (κ2) is 16.6. The lowest BCUT2D eigenvalue weighted by molar-refractivity contribution is 0.660. The fraction of sp³-hybridized carbons (Fsp3) is 0.0469. The van der Waals surface area contributed by atoms with Gasteiger partial charge in [0.1, 0.15) is 11.2 Å². The van der Waals surface area contributed by atoms with E-state index in [1.54, 1.807) is 0 Å². The van der Waals surface area contributed by atoms with E-state index in [9.17, 15) is 0 Å². The fourth-order valence-corrected chi connectivity index (χ4v) is 10.1. The van der Waals surface area contributed by atoms with Crippen molar-refractivity contribution in [3.05, 3.63) is 236 Å². The molecule has 330 valence electrons. The van der Waals surface area contributed by atoms with Crippen LogP contribution in [0.2, 0.25) is 0 Å². The van der Waals surface area contributed by atoms with Crippen molar-refractivity contribution >= 4 is 21.9 Å². The van der Waals surface area contributed by atoms with Crippen molar-refractivity contribution in [1.29, 1.82) is 0 Å². The van der Waals surface area contributed by atoms with E-state index >= 15 is 0 Å². The monoisotopic (exact) mass is 897 g/mol. The van der Waals surface area contributed by atoms with Crippen LogP contribution in [-0.4, -0.2) is 24.9 Å². The molecular formula is C64H43N5O. The summed E-state index contributed by atoms with van der Waals surface area (Å²) >= 11 is 0. The van der Waals surface area contributed by atoms with Crippen molar-refractivity contribution in [3.63, 3.8) is 0 Å². The standard InChI is InChI=1S/C64H43N5O/c1-64(2)54-28-11-9-24-50(54)51-35-34-48(38-55(51)64)63-68-61(43-18-7-4-8-19-43)67-62(69-63)47-23-14-21-45(37-47)44-20-13-22-46(36-44)57-39-56(65-60(66-57)42-16-5-3-6-17-42)41-32-30-40(31-33-41)49-26-15-27-53-52-25-10-12-29-58(52)70-59(49)53/h3-39H,1-2H3. The molecule has 3 aromatic heterocycles. The molecule has 70 heavy (non-hydrogen) atoms. The molecule has 12 aromatic rings. The number of fused-ring (bicyclic) bond motifs is 6. The van der Waals surface area contributed by atoms with Gasteiger partial charge in [-0.2, -0.15) is 0 Å². The molecule has 0 spiro atoms. The third-order valence-corrected chi connectivity index (χ3v) is 13.8. The molecule has 0 atom stereocenters. The molecule has 13 rings (SSSR count). The van der Waals surface area contributed by atoms with Crippen LogP contribution in [0, 0.1) is 0 Å². The van der Waals surface area contributed by atoms with Crippen molar-refractivity contribution in [2.24, 2.45) is 0 Å². The predicted molar refractivity (Wildman–Crippen MR) is 284 cm³/mol. The summed E-state index contributed by atoms with van der Waals surface area (Å²) in [7, 11) is 0. The van der Waals surface area contributed by atoms with Gasteiger partial charge in [0.15, 0.2) is 23.3 Å². The summed E-state index contributed by atoms with van der Waals surface area (Å²) in [6.07, 6.45) is 0. The quantitative estimate of drug-likeness (QED) is 0.151. The first-order valence-electron chi connectivity index (χ1n) is 23.6. The molecule has 0 radical (unpaired) electrons. The van der Waals surface area contributed by atoms with Crippen LogP contribution in [-0.2, 0) is 5.41 Å². The van der Waals surface area contributed by atoms with E-state index in [0.717, 1.165) is 89.0 Å². The smallest absolute Gasteiger partial charge is 0.164 e. The molecule has 0 N–H and O–H groups in total. The van der Waals surface area contributed by atoms with Gasteiger partial charge in [-0.1, -0.05) is 208 Å². The second-order valence-electron chi connectivity index (χ2n) is 18.5. The van der Waals surface area contributed by atoms with E-state index in [4.69, 9.17) is 29.3 Å². The zero-order valence-electron chi connectivity index (χ0n) is 38.5. The molecule has 6 nitrogen and oxygen atoms in total. The molecule has 0 bridgehead atoms. The van der Waals surface area contributed by atoms with Crippen molar-refractivity contribution in [2.75, 3.05) is 0 Å². The van der Waals surface area contributed by atoms with Gasteiger partial charge in [-0.05, 0) is 69.3 Å². The molecule has 0 amide bonds. The van der Waals surface area contributed by atoms with Crippen LogP contribution in [0.3, 0.4) is 0 Å². The first kappa shape index (κ1) is 41.1. The zero-order chi connectivity index (χ0) is 46.8. The van der Waals surface area contributed by atoms with Crippen LogP contribution in [0.15, 0.2) is 229 Å². The molecule has 9 aromatic carbocycles. The molecule has 0 fully saturated rings. The molecule has 3 heterocycles. The van der Waals surface area contributed by atoms with Gasteiger partial charge < -0.3 is 4.42 Å². The van der Waals surface area contributed by atoms with Crippen molar-refractivity contribution in [3.8, 4) is 101 Å². The van der Waals surface area contributed by atoms with E-state index in [0.29, 0.717) is 23.3 Å². The molecular weight excluding hydrogens is 855 g/mol. The highest BCUT2D eigenvalue weighted by atomic mass is 16.3.